The molecule has 29 heavy (non-hydrogen) atoms. The normalized spacial score (nSPS) is 13.9. The Morgan fingerprint density at radius 3 is 2.55 bits per heavy atom. The maximum Gasteiger partial charge on any atom is 0.238 e. The number of hydrogen-bond donors (Lipinski definition) is 2. The number of carbonyl (C=O) groups is 1. The first-order valence-corrected chi connectivity index (χ1v) is 9.68. The zero-order valence-corrected chi connectivity index (χ0v) is 16.0. The van der Waals surface area contributed by atoms with Crippen molar-refractivity contribution >= 4 is 11.6 Å². The van der Waals surface area contributed by atoms with Crippen molar-refractivity contribution in [3.05, 3.63) is 84.2 Å². The Morgan fingerprint density at radius 1 is 0.966 bits per heavy atom. The number of ether oxygens (including phenoxy) is 2. The molecule has 6 nitrogen and oxygen atoms in total. The molecule has 1 aliphatic heterocycles. The van der Waals surface area contributed by atoms with Crippen LogP contribution in [0.25, 0.3) is 0 Å². The lowest BCUT2D eigenvalue weighted by Crippen LogP contribution is -2.32. The van der Waals surface area contributed by atoms with E-state index in [1.165, 1.54) is 0 Å². The van der Waals surface area contributed by atoms with Crippen LogP contribution in [0.4, 0.5) is 5.69 Å². The molecule has 0 fully saturated rings. The lowest BCUT2D eigenvalue weighted by Gasteiger charge is -2.19. The van der Waals surface area contributed by atoms with Crippen molar-refractivity contribution in [1.82, 2.24) is 10.3 Å². The summed E-state index contributed by atoms with van der Waals surface area (Å²) < 4.78 is 11.3. The molecule has 1 unspecified atom stereocenters. The summed E-state index contributed by atoms with van der Waals surface area (Å²) in [6.45, 7) is 1.39. The highest BCUT2D eigenvalue weighted by molar-refractivity contribution is 5.92. The standard InChI is InChI=1S/C23H23N3O3/c27-22(26-18-10-11-20-21(15-18)29-14-6-13-28-20)16-25-23(17-7-2-1-3-8-17)19-9-4-5-12-24-19/h1-5,7-12,15,23,25H,6,13-14,16H2,(H,26,27). The Balaban J connectivity index is 1.43. The molecule has 1 aliphatic rings. The maximum atomic E-state index is 12.5. The van der Waals surface area contributed by atoms with Crippen molar-refractivity contribution in [1.29, 1.82) is 0 Å². The molecule has 1 amide bonds. The summed E-state index contributed by atoms with van der Waals surface area (Å²) in [6.07, 6.45) is 2.60. The fraction of sp³-hybridized carbons (Fsp3) is 0.217. The van der Waals surface area contributed by atoms with Crippen molar-refractivity contribution < 1.29 is 14.3 Å². The largest absolute Gasteiger partial charge is 0.490 e. The van der Waals surface area contributed by atoms with Gasteiger partial charge >= 0.3 is 0 Å². The number of amides is 1. The second-order valence-corrected chi connectivity index (χ2v) is 6.74. The van der Waals surface area contributed by atoms with Gasteiger partial charge in [-0.05, 0) is 29.8 Å². The third kappa shape index (κ3) is 4.92. The van der Waals surface area contributed by atoms with Gasteiger partial charge in [0.05, 0.1) is 31.5 Å². The number of aromatic nitrogens is 1. The van der Waals surface area contributed by atoms with Crippen molar-refractivity contribution in [2.24, 2.45) is 0 Å². The van der Waals surface area contributed by atoms with E-state index in [1.54, 1.807) is 12.3 Å². The number of fused-ring (bicyclic) bond motifs is 1. The minimum atomic E-state index is -0.174. The molecule has 0 aliphatic carbocycles. The molecule has 0 spiro atoms. The Hall–Kier alpha value is -3.38. The average Bonchev–Trinajstić information content (AvgIpc) is 3.00. The summed E-state index contributed by atoms with van der Waals surface area (Å²) in [6, 6.07) is 21.0. The van der Waals surface area contributed by atoms with Crippen LogP contribution in [0.5, 0.6) is 11.5 Å². The summed E-state index contributed by atoms with van der Waals surface area (Å²) >= 11 is 0. The van der Waals surface area contributed by atoms with Crippen molar-refractivity contribution in [2.45, 2.75) is 12.5 Å². The quantitative estimate of drug-likeness (QED) is 0.674. The van der Waals surface area contributed by atoms with E-state index in [0.717, 1.165) is 17.7 Å². The second kappa shape index (κ2) is 9.21. The fourth-order valence-electron chi connectivity index (χ4n) is 3.23. The highest BCUT2D eigenvalue weighted by Gasteiger charge is 2.17. The van der Waals surface area contributed by atoms with E-state index in [1.807, 2.05) is 60.7 Å². The number of nitrogens with one attached hydrogen (secondary N) is 2. The Bertz CT molecular complexity index is 909. The molecule has 6 heteroatoms. The van der Waals surface area contributed by atoms with E-state index in [0.29, 0.717) is 30.4 Å². The number of rotatable bonds is 6. The first-order chi connectivity index (χ1) is 14.3. The van der Waals surface area contributed by atoms with Gasteiger partial charge in [0.15, 0.2) is 11.5 Å². The van der Waals surface area contributed by atoms with Crippen LogP contribution in [0.2, 0.25) is 0 Å². The molecule has 2 aromatic carbocycles. The van der Waals surface area contributed by atoms with Crippen LogP contribution in [0.3, 0.4) is 0 Å². The van der Waals surface area contributed by atoms with Crippen LogP contribution in [0.15, 0.2) is 72.9 Å². The summed E-state index contributed by atoms with van der Waals surface area (Å²) in [5.41, 5.74) is 2.59. The third-order valence-corrected chi connectivity index (χ3v) is 4.61. The average molecular weight is 389 g/mol. The molecule has 0 bridgehead atoms. The summed E-state index contributed by atoms with van der Waals surface area (Å²) in [5.74, 6) is 1.22. The minimum Gasteiger partial charge on any atom is -0.490 e. The summed E-state index contributed by atoms with van der Waals surface area (Å²) in [4.78, 5) is 17.0. The minimum absolute atomic E-state index is 0.142. The Morgan fingerprint density at radius 2 is 1.76 bits per heavy atom. The smallest absolute Gasteiger partial charge is 0.238 e. The van der Waals surface area contributed by atoms with Gasteiger partial charge in [0, 0.05) is 24.4 Å². The summed E-state index contributed by atoms with van der Waals surface area (Å²) in [5, 5.41) is 6.23. The zero-order chi connectivity index (χ0) is 19.9. The molecule has 3 aromatic rings. The third-order valence-electron chi connectivity index (χ3n) is 4.61. The van der Waals surface area contributed by atoms with E-state index < -0.39 is 0 Å². The second-order valence-electron chi connectivity index (χ2n) is 6.74. The van der Waals surface area contributed by atoms with Crippen LogP contribution in [0, 0.1) is 0 Å². The van der Waals surface area contributed by atoms with E-state index in [2.05, 4.69) is 15.6 Å². The van der Waals surface area contributed by atoms with E-state index in [-0.39, 0.29) is 18.5 Å². The van der Waals surface area contributed by atoms with E-state index in [4.69, 9.17) is 9.47 Å². The van der Waals surface area contributed by atoms with Gasteiger partial charge in [0.25, 0.3) is 0 Å². The molecule has 4 rings (SSSR count). The number of anilines is 1. The molecule has 0 saturated heterocycles. The molecular formula is C23H23N3O3. The van der Waals surface area contributed by atoms with Gasteiger partial charge in [0.2, 0.25) is 5.91 Å². The monoisotopic (exact) mass is 389 g/mol. The van der Waals surface area contributed by atoms with Crippen LogP contribution in [-0.2, 0) is 4.79 Å². The zero-order valence-electron chi connectivity index (χ0n) is 16.0. The lowest BCUT2D eigenvalue weighted by atomic mass is 10.0. The van der Waals surface area contributed by atoms with Gasteiger partial charge in [-0.15, -0.1) is 0 Å². The maximum absolute atomic E-state index is 12.5. The first-order valence-electron chi connectivity index (χ1n) is 9.68. The van der Waals surface area contributed by atoms with Crippen LogP contribution in [0.1, 0.15) is 23.7 Å². The van der Waals surface area contributed by atoms with Crippen LogP contribution < -0.4 is 20.1 Å². The Kier molecular flexibility index (Phi) is 6.02. The predicted molar refractivity (Wildman–Crippen MR) is 111 cm³/mol. The molecule has 2 N–H and O–H groups in total. The molecule has 2 heterocycles. The number of pyridine rings is 1. The highest BCUT2D eigenvalue weighted by Crippen LogP contribution is 2.32. The van der Waals surface area contributed by atoms with Gasteiger partial charge in [-0.3, -0.25) is 15.1 Å². The molecule has 148 valence electrons. The van der Waals surface area contributed by atoms with Crippen LogP contribution >= 0.6 is 0 Å². The number of benzene rings is 2. The van der Waals surface area contributed by atoms with Gasteiger partial charge < -0.3 is 14.8 Å². The van der Waals surface area contributed by atoms with Gasteiger partial charge in [-0.25, -0.2) is 0 Å². The molecule has 1 aromatic heterocycles. The van der Waals surface area contributed by atoms with Crippen molar-refractivity contribution in [2.75, 3.05) is 25.1 Å². The Labute approximate surface area is 169 Å². The summed E-state index contributed by atoms with van der Waals surface area (Å²) in [7, 11) is 0. The van der Waals surface area contributed by atoms with Gasteiger partial charge in [0.1, 0.15) is 0 Å². The molecular weight excluding hydrogens is 366 g/mol. The van der Waals surface area contributed by atoms with Gasteiger partial charge in [-0.2, -0.15) is 0 Å². The van der Waals surface area contributed by atoms with E-state index >= 15 is 0 Å². The van der Waals surface area contributed by atoms with E-state index in [9.17, 15) is 4.79 Å². The van der Waals surface area contributed by atoms with Crippen LogP contribution in [-0.4, -0.2) is 30.6 Å². The molecule has 0 radical (unpaired) electrons. The number of carbonyl (C=O) groups excluding carboxylic acids is 1. The number of hydrogen-bond acceptors (Lipinski definition) is 5. The van der Waals surface area contributed by atoms with Gasteiger partial charge in [-0.1, -0.05) is 36.4 Å². The van der Waals surface area contributed by atoms with Crippen molar-refractivity contribution in [3.63, 3.8) is 0 Å². The molecule has 0 saturated carbocycles. The molecule has 1 atom stereocenters. The van der Waals surface area contributed by atoms with Crippen molar-refractivity contribution in [3.8, 4) is 11.5 Å². The highest BCUT2D eigenvalue weighted by atomic mass is 16.5. The predicted octanol–water partition coefficient (Wildman–Crippen LogP) is 3.56. The topological polar surface area (TPSA) is 72.5 Å². The lowest BCUT2D eigenvalue weighted by molar-refractivity contribution is -0.115. The number of nitrogens with zero attached hydrogens (tertiary/aromatic N) is 1. The SMILES string of the molecule is O=C(CNC(c1ccccc1)c1ccccn1)Nc1ccc2c(c1)OCCCO2. The fourth-order valence-corrected chi connectivity index (χ4v) is 3.23. The first kappa shape index (κ1) is 19.0.